The number of methoxy groups -OCH3 is 1. The highest BCUT2D eigenvalue weighted by Crippen LogP contribution is 2.22. The van der Waals surface area contributed by atoms with Crippen LogP contribution < -0.4 is 15.0 Å². The van der Waals surface area contributed by atoms with Gasteiger partial charge in [-0.3, -0.25) is 9.69 Å². The summed E-state index contributed by atoms with van der Waals surface area (Å²) >= 11 is 0. The first-order valence-corrected chi connectivity index (χ1v) is 10.1. The molecule has 0 aromatic heterocycles. The van der Waals surface area contributed by atoms with Gasteiger partial charge < -0.3 is 15.0 Å². The number of carbonyl (C=O) groups excluding carboxylic acids is 1. The van der Waals surface area contributed by atoms with E-state index in [4.69, 9.17) is 4.74 Å². The molecule has 1 heterocycles. The number of hydrogen-bond donors (Lipinski definition) is 1. The van der Waals surface area contributed by atoms with E-state index in [-0.39, 0.29) is 11.9 Å². The van der Waals surface area contributed by atoms with E-state index in [1.807, 2.05) is 49.4 Å². The maximum atomic E-state index is 12.8. The summed E-state index contributed by atoms with van der Waals surface area (Å²) in [6, 6.07) is 22.2. The molecule has 1 aliphatic heterocycles. The third-order valence-corrected chi connectivity index (χ3v) is 5.70. The maximum absolute atomic E-state index is 12.8. The van der Waals surface area contributed by atoms with Crippen molar-refractivity contribution in [3.63, 3.8) is 0 Å². The Hall–Kier alpha value is -3.05. The molecule has 150 valence electrons. The molecular formula is C24H27N3O2. The van der Waals surface area contributed by atoms with Crippen LogP contribution in [-0.4, -0.2) is 50.1 Å². The Morgan fingerprint density at radius 1 is 0.931 bits per heavy atom. The molecular weight excluding hydrogens is 362 g/mol. The first kappa shape index (κ1) is 19.3. The molecule has 29 heavy (non-hydrogen) atoms. The summed E-state index contributed by atoms with van der Waals surface area (Å²) in [4.78, 5) is 17.4. The predicted octanol–water partition coefficient (Wildman–Crippen LogP) is 4.00. The van der Waals surface area contributed by atoms with Crippen LogP contribution in [0.15, 0.2) is 66.7 Å². The monoisotopic (exact) mass is 389 g/mol. The van der Waals surface area contributed by atoms with Gasteiger partial charge in [0.1, 0.15) is 5.75 Å². The van der Waals surface area contributed by atoms with Gasteiger partial charge in [-0.05, 0) is 54.1 Å². The maximum Gasteiger partial charge on any atom is 0.241 e. The van der Waals surface area contributed by atoms with E-state index in [0.717, 1.165) is 43.0 Å². The van der Waals surface area contributed by atoms with Crippen LogP contribution in [-0.2, 0) is 4.79 Å². The Morgan fingerprint density at radius 3 is 2.31 bits per heavy atom. The van der Waals surface area contributed by atoms with Gasteiger partial charge in [0.25, 0.3) is 0 Å². The van der Waals surface area contributed by atoms with Gasteiger partial charge in [0.05, 0.1) is 13.2 Å². The van der Waals surface area contributed by atoms with Crippen molar-refractivity contribution >= 4 is 28.1 Å². The molecule has 1 atom stereocenters. The minimum absolute atomic E-state index is 0.0400. The average molecular weight is 389 g/mol. The fourth-order valence-corrected chi connectivity index (χ4v) is 3.84. The number of hydrogen-bond acceptors (Lipinski definition) is 4. The lowest BCUT2D eigenvalue weighted by atomic mass is 10.1. The molecule has 1 saturated heterocycles. The largest absolute Gasteiger partial charge is 0.497 e. The zero-order chi connectivity index (χ0) is 20.2. The Balaban J connectivity index is 1.34. The number of anilines is 2. The summed E-state index contributed by atoms with van der Waals surface area (Å²) in [6.45, 7) is 5.51. The number of piperazine rings is 1. The van der Waals surface area contributed by atoms with Crippen molar-refractivity contribution in [2.24, 2.45) is 0 Å². The Kier molecular flexibility index (Phi) is 5.67. The molecule has 5 heteroatoms. The molecule has 0 radical (unpaired) electrons. The molecule has 5 nitrogen and oxygen atoms in total. The average Bonchev–Trinajstić information content (AvgIpc) is 2.78. The molecule has 3 aromatic carbocycles. The van der Waals surface area contributed by atoms with Crippen molar-refractivity contribution < 1.29 is 9.53 Å². The lowest BCUT2D eigenvalue weighted by Crippen LogP contribution is -2.52. The zero-order valence-corrected chi connectivity index (χ0v) is 17.0. The van der Waals surface area contributed by atoms with Gasteiger partial charge in [-0.25, -0.2) is 0 Å². The molecule has 0 bridgehead atoms. The van der Waals surface area contributed by atoms with Crippen LogP contribution >= 0.6 is 0 Å². The van der Waals surface area contributed by atoms with Crippen LogP contribution in [0.4, 0.5) is 11.4 Å². The van der Waals surface area contributed by atoms with Crippen molar-refractivity contribution in [2.75, 3.05) is 43.5 Å². The SMILES string of the molecule is COc1ccc(N2CCN([C@H](C)C(=O)Nc3ccc4ccccc4c3)CC2)cc1. The van der Waals surface area contributed by atoms with Gasteiger partial charge in [-0.2, -0.15) is 0 Å². The minimum Gasteiger partial charge on any atom is -0.497 e. The third-order valence-electron chi connectivity index (χ3n) is 5.70. The Bertz CT molecular complexity index is 979. The number of carbonyl (C=O) groups is 1. The fourth-order valence-electron chi connectivity index (χ4n) is 3.84. The predicted molar refractivity (Wildman–Crippen MR) is 119 cm³/mol. The van der Waals surface area contributed by atoms with E-state index in [2.05, 4.69) is 39.4 Å². The summed E-state index contributed by atoms with van der Waals surface area (Å²) in [6.07, 6.45) is 0. The van der Waals surface area contributed by atoms with Crippen molar-refractivity contribution in [2.45, 2.75) is 13.0 Å². The summed E-state index contributed by atoms with van der Waals surface area (Å²) in [5.41, 5.74) is 2.04. The van der Waals surface area contributed by atoms with Gasteiger partial charge in [0.2, 0.25) is 5.91 Å². The second-order valence-electron chi connectivity index (χ2n) is 7.45. The van der Waals surface area contributed by atoms with E-state index in [1.165, 1.54) is 11.1 Å². The summed E-state index contributed by atoms with van der Waals surface area (Å²) in [5.74, 6) is 0.907. The van der Waals surface area contributed by atoms with E-state index >= 15 is 0 Å². The highest BCUT2D eigenvalue weighted by Gasteiger charge is 2.25. The number of rotatable bonds is 5. The van der Waals surface area contributed by atoms with Crippen LogP contribution in [0.25, 0.3) is 10.8 Å². The molecule has 1 aliphatic rings. The van der Waals surface area contributed by atoms with E-state index in [1.54, 1.807) is 7.11 Å². The van der Waals surface area contributed by atoms with Crippen LogP contribution in [0.3, 0.4) is 0 Å². The second kappa shape index (κ2) is 8.53. The Morgan fingerprint density at radius 2 is 1.62 bits per heavy atom. The molecule has 4 rings (SSSR count). The normalized spacial score (nSPS) is 15.9. The van der Waals surface area contributed by atoms with Crippen molar-refractivity contribution in [1.82, 2.24) is 4.90 Å². The number of nitrogens with one attached hydrogen (secondary N) is 1. The highest BCUT2D eigenvalue weighted by atomic mass is 16.5. The number of ether oxygens (including phenoxy) is 1. The topological polar surface area (TPSA) is 44.8 Å². The highest BCUT2D eigenvalue weighted by molar-refractivity contribution is 5.97. The molecule has 0 aliphatic carbocycles. The molecule has 1 fully saturated rings. The van der Waals surface area contributed by atoms with E-state index < -0.39 is 0 Å². The number of amides is 1. The van der Waals surface area contributed by atoms with Gasteiger partial charge in [0.15, 0.2) is 0 Å². The lowest BCUT2D eigenvalue weighted by Gasteiger charge is -2.38. The lowest BCUT2D eigenvalue weighted by molar-refractivity contribution is -0.120. The molecule has 1 amide bonds. The van der Waals surface area contributed by atoms with Crippen molar-refractivity contribution in [3.05, 3.63) is 66.7 Å². The zero-order valence-electron chi connectivity index (χ0n) is 17.0. The minimum atomic E-state index is -0.167. The van der Waals surface area contributed by atoms with Crippen molar-refractivity contribution in [1.29, 1.82) is 0 Å². The smallest absolute Gasteiger partial charge is 0.241 e. The number of nitrogens with zero attached hydrogens (tertiary/aromatic N) is 2. The molecule has 0 spiro atoms. The van der Waals surface area contributed by atoms with Gasteiger partial charge in [0, 0.05) is 37.6 Å². The summed E-state index contributed by atoms with van der Waals surface area (Å²) < 4.78 is 5.23. The van der Waals surface area contributed by atoms with Crippen LogP contribution in [0.5, 0.6) is 5.75 Å². The van der Waals surface area contributed by atoms with Crippen molar-refractivity contribution in [3.8, 4) is 5.75 Å². The summed E-state index contributed by atoms with van der Waals surface area (Å²) in [7, 11) is 1.68. The number of benzene rings is 3. The van der Waals surface area contributed by atoms with Crippen LogP contribution in [0.2, 0.25) is 0 Å². The van der Waals surface area contributed by atoms with Crippen LogP contribution in [0.1, 0.15) is 6.92 Å². The Labute approximate surface area is 171 Å². The molecule has 0 unspecified atom stereocenters. The standard InChI is InChI=1S/C24H27N3O2/c1-18(24(28)25-21-8-7-19-5-3-4-6-20(19)17-21)26-13-15-27(16-14-26)22-9-11-23(29-2)12-10-22/h3-12,17-18H,13-16H2,1-2H3,(H,25,28)/t18-/m1/s1. The molecule has 1 N–H and O–H groups in total. The first-order valence-electron chi connectivity index (χ1n) is 10.1. The quantitative estimate of drug-likeness (QED) is 0.716. The first-order chi connectivity index (χ1) is 14.1. The molecule has 0 saturated carbocycles. The van der Waals surface area contributed by atoms with Gasteiger partial charge in [-0.15, -0.1) is 0 Å². The van der Waals surface area contributed by atoms with Gasteiger partial charge >= 0.3 is 0 Å². The van der Waals surface area contributed by atoms with E-state index in [9.17, 15) is 4.79 Å². The second-order valence-corrected chi connectivity index (χ2v) is 7.45. The third kappa shape index (κ3) is 4.35. The fraction of sp³-hybridized carbons (Fsp3) is 0.292. The van der Waals surface area contributed by atoms with Crippen LogP contribution in [0, 0.1) is 0 Å². The summed E-state index contributed by atoms with van der Waals surface area (Å²) in [5, 5.41) is 5.38. The van der Waals surface area contributed by atoms with E-state index in [0.29, 0.717) is 0 Å². The molecule has 3 aromatic rings. The number of fused-ring (bicyclic) bond motifs is 1. The van der Waals surface area contributed by atoms with Gasteiger partial charge in [-0.1, -0.05) is 30.3 Å².